The zero-order valence-corrected chi connectivity index (χ0v) is 15.2. The molecule has 1 amide bonds. The number of anilines is 1. The molecule has 0 saturated heterocycles. The van der Waals surface area contributed by atoms with Gasteiger partial charge in [-0.1, -0.05) is 33.8 Å². The average molecular weight is 318 g/mol. The van der Waals surface area contributed by atoms with Crippen LogP contribution in [0.1, 0.15) is 59.6 Å². The first kappa shape index (κ1) is 17.8. The normalized spacial score (nSPS) is 18.1. The van der Waals surface area contributed by atoms with Crippen molar-refractivity contribution in [2.75, 3.05) is 11.4 Å². The Morgan fingerprint density at radius 2 is 1.83 bits per heavy atom. The number of benzene rings is 1. The summed E-state index contributed by atoms with van der Waals surface area (Å²) in [6.45, 7) is 12.9. The van der Waals surface area contributed by atoms with E-state index in [1.165, 1.54) is 0 Å². The summed E-state index contributed by atoms with van der Waals surface area (Å²) in [5.41, 5.74) is 7.39. The minimum absolute atomic E-state index is 0.00767. The lowest BCUT2D eigenvalue weighted by atomic mass is 9.95. The first-order chi connectivity index (χ1) is 10.6. The predicted molar refractivity (Wildman–Crippen MR) is 94.7 cm³/mol. The fourth-order valence-corrected chi connectivity index (χ4v) is 3.01. The number of fused-ring (bicyclic) bond motifs is 1. The van der Waals surface area contributed by atoms with Crippen molar-refractivity contribution in [3.05, 3.63) is 23.8 Å². The molecule has 0 spiro atoms. The molecule has 128 valence electrons. The minimum Gasteiger partial charge on any atom is -0.476 e. The van der Waals surface area contributed by atoms with E-state index < -0.39 is 5.60 Å². The molecule has 4 nitrogen and oxygen atoms in total. The lowest BCUT2D eigenvalue weighted by Gasteiger charge is -2.40. The van der Waals surface area contributed by atoms with Crippen molar-refractivity contribution in [3.63, 3.8) is 0 Å². The van der Waals surface area contributed by atoms with Crippen molar-refractivity contribution in [2.45, 2.75) is 59.6 Å². The van der Waals surface area contributed by atoms with Crippen LogP contribution in [0.3, 0.4) is 0 Å². The van der Waals surface area contributed by atoms with E-state index in [2.05, 4.69) is 27.7 Å². The van der Waals surface area contributed by atoms with Crippen LogP contribution in [-0.2, 0) is 4.79 Å². The van der Waals surface area contributed by atoms with Gasteiger partial charge in [-0.25, -0.2) is 0 Å². The molecule has 4 heteroatoms. The van der Waals surface area contributed by atoms with Crippen LogP contribution in [0, 0.1) is 11.8 Å². The number of rotatable bonds is 5. The molecule has 0 saturated carbocycles. The van der Waals surface area contributed by atoms with Crippen molar-refractivity contribution in [3.8, 4) is 5.75 Å². The van der Waals surface area contributed by atoms with Crippen LogP contribution in [0.5, 0.6) is 5.75 Å². The first-order valence-electron chi connectivity index (χ1n) is 8.52. The van der Waals surface area contributed by atoms with Crippen molar-refractivity contribution < 1.29 is 9.53 Å². The zero-order valence-electron chi connectivity index (χ0n) is 15.2. The quantitative estimate of drug-likeness (QED) is 0.896. The summed E-state index contributed by atoms with van der Waals surface area (Å²) in [4.78, 5) is 14.6. The van der Waals surface area contributed by atoms with Gasteiger partial charge in [-0.3, -0.25) is 4.79 Å². The van der Waals surface area contributed by atoms with Gasteiger partial charge in [-0.05, 0) is 49.8 Å². The van der Waals surface area contributed by atoms with Crippen LogP contribution in [0.4, 0.5) is 5.69 Å². The lowest BCUT2D eigenvalue weighted by molar-refractivity contribution is -0.132. The molecular formula is C19H30N2O2. The summed E-state index contributed by atoms with van der Waals surface area (Å²) >= 11 is 0. The topological polar surface area (TPSA) is 55.6 Å². The molecule has 0 fully saturated rings. The molecule has 1 aliphatic heterocycles. The SMILES string of the molecule is CC(C)CC(N)c1ccc2c(c1)N(CC(C)C)C(=O)C(C)(C)O2. The third-order valence-corrected chi connectivity index (χ3v) is 4.10. The summed E-state index contributed by atoms with van der Waals surface area (Å²) in [7, 11) is 0. The summed E-state index contributed by atoms with van der Waals surface area (Å²) in [5.74, 6) is 1.68. The van der Waals surface area contributed by atoms with E-state index in [0.717, 1.165) is 23.4 Å². The fraction of sp³-hybridized carbons (Fsp3) is 0.632. The van der Waals surface area contributed by atoms with Gasteiger partial charge in [-0.15, -0.1) is 0 Å². The van der Waals surface area contributed by atoms with Gasteiger partial charge >= 0.3 is 0 Å². The molecule has 0 aliphatic carbocycles. The van der Waals surface area contributed by atoms with E-state index >= 15 is 0 Å². The molecule has 1 heterocycles. The van der Waals surface area contributed by atoms with Gasteiger partial charge in [0.05, 0.1) is 5.69 Å². The average Bonchev–Trinajstić information content (AvgIpc) is 2.42. The highest BCUT2D eigenvalue weighted by atomic mass is 16.5. The number of carbonyl (C=O) groups excluding carboxylic acids is 1. The van der Waals surface area contributed by atoms with Crippen LogP contribution < -0.4 is 15.4 Å². The number of amides is 1. The number of hydrogen-bond acceptors (Lipinski definition) is 3. The Labute approximate surface area is 140 Å². The van der Waals surface area contributed by atoms with E-state index in [4.69, 9.17) is 10.5 Å². The summed E-state index contributed by atoms with van der Waals surface area (Å²) < 4.78 is 5.93. The lowest BCUT2D eigenvalue weighted by Crippen LogP contribution is -2.53. The van der Waals surface area contributed by atoms with Crippen LogP contribution in [0.2, 0.25) is 0 Å². The highest BCUT2D eigenvalue weighted by Crippen LogP contribution is 2.40. The van der Waals surface area contributed by atoms with Crippen molar-refractivity contribution in [2.24, 2.45) is 17.6 Å². The second kappa shape index (κ2) is 6.52. The van der Waals surface area contributed by atoms with Gasteiger partial charge in [0.1, 0.15) is 5.75 Å². The Morgan fingerprint density at radius 3 is 2.39 bits per heavy atom. The van der Waals surface area contributed by atoms with E-state index in [1.807, 2.05) is 36.9 Å². The fourth-order valence-electron chi connectivity index (χ4n) is 3.01. The maximum absolute atomic E-state index is 12.8. The second-order valence-corrected chi connectivity index (χ2v) is 7.89. The molecule has 2 rings (SSSR count). The summed E-state index contributed by atoms with van der Waals surface area (Å²) in [6.07, 6.45) is 0.920. The van der Waals surface area contributed by atoms with Crippen LogP contribution in [0.25, 0.3) is 0 Å². The molecule has 0 radical (unpaired) electrons. The zero-order chi connectivity index (χ0) is 17.4. The summed E-state index contributed by atoms with van der Waals surface area (Å²) in [6, 6.07) is 5.97. The number of ether oxygens (including phenoxy) is 1. The molecular weight excluding hydrogens is 288 g/mol. The van der Waals surface area contributed by atoms with E-state index in [1.54, 1.807) is 0 Å². The van der Waals surface area contributed by atoms with Gasteiger partial charge in [0.15, 0.2) is 5.60 Å². The molecule has 0 aromatic heterocycles. The Balaban J connectivity index is 2.42. The van der Waals surface area contributed by atoms with Crippen LogP contribution in [-0.4, -0.2) is 18.1 Å². The maximum atomic E-state index is 12.8. The van der Waals surface area contributed by atoms with Crippen molar-refractivity contribution in [1.82, 2.24) is 0 Å². The van der Waals surface area contributed by atoms with Gasteiger partial charge < -0.3 is 15.4 Å². The van der Waals surface area contributed by atoms with Crippen molar-refractivity contribution in [1.29, 1.82) is 0 Å². The molecule has 2 N–H and O–H groups in total. The monoisotopic (exact) mass is 318 g/mol. The van der Waals surface area contributed by atoms with E-state index in [9.17, 15) is 4.79 Å². The van der Waals surface area contributed by atoms with Gasteiger partial charge in [0.25, 0.3) is 5.91 Å². The standard InChI is InChI=1S/C19H30N2O2/c1-12(2)9-15(20)14-7-8-17-16(10-14)21(11-13(3)4)18(22)19(5,6)23-17/h7-8,10,12-13,15H,9,11,20H2,1-6H3. The Morgan fingerprint density at radius 1 is 1.17 bits per heavy atom. The smallest absolute Gasteiger partial charge is 0.270 e. The van der Waals surface area contributed by atoms with Gasteiger partial charge in [0.2, 0.25) is 0 Å². The highest BCUT2D eigenvalue weighted by molar-refractivity contribution is 6.02. The van der Waals surface area contributed by atoms with Crippen LogP contribution in [0.15, 0.2) is 18.2 Å². The third-order valence-electron chi connectivity index (χ3n) is 4.10. The number of nitrogens with zero attached hydrogens (tertiary/aromatic N) is 1. The molecule has 1 aliphatic rings. The Hall–Kier alpha value is -1.55. The van der Waals surface area contributed by atoms with E-state index in [-0.39, 0.29) is 11.9 Å². The molecule has 0 bridgehead atoms. The largest absolute Gasteiger partial charge is 0.476 e. The van der Waals surface area contributed by atoms with E-state index in [0.29, 0.717) is 18.4 Å². The maximum Gasteiger partial charge on any atom is 0.270 e. The third kappa shape index (κ3) is 3.86. The molecule has 1 atom stereocenters. The molecule has 1 aromatic carbocycles. The highest BCUT2D eigenvalue weighted by Gasteiger charge is 2.41. The summed E-state index contributed by atoms with van der Waals surface area (Å²) in [5, 5.41) is 0. The van der Waals surface area contributed by atoms with Gasteiger partial charge in [-0.2, -0.15) is 0 Å². The number of hydrogen-bond donors (Lipinski definition) is 1. The first-order valence-corrected chi connectivity index (χ1v) is 8.52. The van der Waals surface area contributed by atoms with Gasteiger partial charge in [0, 0.05) is 12.6 Å². The second-order valence-electron chi connectivity index (χ2n) is 7.89. The number of nitrogens with two attached hydrogens (primary N) is 1. The Bertz CT molecular complexity index is 579. The predicted octanol–water partition coefficient (Wildman–Crippen LogP) is 3.89. The van der Waals surface area contributed by atoms with Crippen molar-refractivity contribution >= 4 is 11.6 Å². The molecule has 23 heavy (non-hydrogen) atoms. The van der Waals surface area contributed by atoms with Crippen LogP contribution >= 0.6 is 0 Å². The Kier molecular flexibility index (Phi) is 5.04. The minimum atomic E-state index is -0.830. The molecule has 1 aromatic rings. The molecule has 1 unspecified atom stereocenters. The number of carbonyl (C=O) groups is 1.